The third kappa shape index (κ3) is 9.11. The van der Waals surface area contributed by atoms with Gasteiger partial charge in [-0.15, -0.1) is 0 Å². The average molecular weight is 692 g/mol. The van der Waals surface area contributed by atoms with Crippen molar-refractivity contribution in [3.63, 3.8) is 0 Å². The molecule has 15 heteroatoms. The van der Waals surface area contributed by atoms with E-state index in [9.17, 15) is 26.7 Å². The van der Waals surface area contributed by atoms with Crippen LogP contribution in [0.2, 0.25) is 0 Å². The Hall–Kier alpha value is -3.50. The molecule has 0 unspecified atom stereocenters. The summed E-state index contributed by atoms with van der Waals surface area (Å²) in [6.07, 6.45) is 4.02. The molecule has 0 spiro atoms. The molecule has 1 aromatic heterocycles. The number of ether oxygens (including phenoxy) is 2. The molecule has 0 radical (unpaired) electrons. The maximum Gasteiger partial charge on any atom is 0.280 e. The van der Waals surface area contributed by atoms with Gasteiger partial charge in [-0.1, -0.05) is 25.1 Å². The highest BCUT2D eigenvalue weighted by molar-refractivity contribution is 7.92. The zero-order valence-corrected chi connectivity index (χ0v) is 29.1. The Kier molecular flexibility index (Phi) is 12.1. The predicted octanol–water partition coefficient (Wildman–Crippen LogP) is 3.34. The Bertz CT molecular complexity index is 1720. The number of nitrogens with zero attached hydrogens (tertiary/aromatic N) is 4. The standard InChI is InChI=1S/C32H45N5O8S2/c1-23-18-37(24(2)21-38)32(39)28-17-26(34-46(40,41)31-20-35(4)22-33-31)14-15-29(28)45-25(3)11-9-10-16-44-30(23)19-36(5)47(42,43)27-12-7-6-8-13-27/h6-8,12-15,17,20,22-25,30,34,38H,9-11,16,18-19,21H2,1-5H3/t23-,24-,25-,30+/m1/s1. The number of hydrogen-bond donors (Lipinski definition) is 2. The van der Waals surface area contributed by atoms with Gasteiger partial charge < -0.3 is 24.0 Å². The van der Waals surface area contributed by atoms with Crippen LogP contribution in [0.4, 0.5) is 5.69 Å². The monoisotopic (exact) mass is 691 g/mol. The summed E-state index contributed by atoms with van der Waals surface area (Å²) < 4.78 is 70.5. The molecule has 258 valence electrons. The first-order valence-corrected chi connectivity index (χ1v) is 18.5. The van der Waals surface area contributed by atoms with E-state index in [1.807, 2.05) is 13.8 Å². The number of aromatic nitrogens is 2. The third-order valence-electron chi connectivity index (χ3n) is 8.15. The molecule has 1 aliphatic rings. The number of hydrogen-bond acceptors (Lipinski definition) is 9. The first-order chi connectivity index (χ1) is 22.2. The molecule has 4 rings (SSSR count). The second kappa shape index (κ2) is 15.6. The van der Waals surface area contributed by atoms with Crippen molar-refractivity contribution in [2.75, 3.05) is 38.1 Å². The van der Waals surface area contributed by atoms with Crippen LogP contribution in [0, 0.1) is 5.92 Å². The van der Waals surface area contributed by atoms with Gasteiger partial charge in [0, 0.05) is 51.6 Å². The van der Waals surface area contributed by atoms with E-state index in [1.54, 1.807) is 50.4 Å². The van der Waals surface area contributed by atoms with Crippen molar-refractivity contribution in [3.8, 4) is 5.75 Å². The highest BCUT2D eigenvalue weighted by Crippen LogP contribution is 2.29. The Balaban J connectivity index is 1.68. The lowest BCUT2D eigenvalue weighted by atomic mass is 10.0. The molecule has 0 bridgehead atoms. The molecule has 1 aliphatic heterocycles. The average Bonchev–Trinajstić information content (AvgIpc) is 3.49. The summed E-state index contributed by atoms with van der Waals surface area (Å²) in [6.45, 7) is 5.67. The Morgan fingerprint density at radius 3 is 2.49 bits per heavy atom. The lowest BCUT2D eigenvalue weighted by molar-refractivity contribution is -0.00833. The number of nitrogens with one attached hydrogen (secondary N) is 1. The van der Waals surface area contributed by atoms with Gasteiger partial charge in [0.25, 0.3) is 15.9 Å². The minimum atomic E-state index is -4.05. The first kappa shape index (κ1) is 36.3. The fourth-order valence-electron chi connectivity index (χ4n) is 5.31. The van der Waals surface area contributed by atoms with Gasteiger partial charge in [0.05, 0.1) is 41.6 Å². The fourth-order valence-corrected chi connectivity index (χ4v) is 7.54. The van der Waals surface area contributed by atoms with Crippen LogP contribution < -0.4 is 9.46 Å². The molecule has 2 aromatic carbocycles. The number of sulfonamides is 2. The largest absolute Gasteiger partial charge is 0.490 e. The quantitative estimate of drug-likeness (QED) is 0.343. The molecular weight excluding hydrogens is 647 g/mol. The van der Waals surface area contributed by atoms with Gasteiger partial charge in [-0.2, -0.15) is 12.7 Å². The van der Waals surface area contributed by atoms with E-state index < -0.39 is 38.1 Å². The number of benzene rings is 2. The summed E-state index contributed by atoms with van der Waals surface area (Å²) in [5, 5.41) is 10.0. The maximum absolute atomic E-state index is 14.3. The summed E-state index contributed by atoms with van der Waals surface area (Å²) in [7, 11) is -4.69. The molecule has 13 nitrogen and oxygen atoms in total. The molecule has 0 saturated carbocycles. The Morgan fingerprint density at radius 2 is 1.83 bits per heavy atom. The normalized spacial score (nSPS) is 21.0. The summed E-state index contributed by atoms with van der Waals surface area (Å²) in [4.78, 5) is 19.9. The number of rotatable bonds is 9. The minimum Gasteiger partial charge on any atom is -0.490 e. The van der Waals surface area contributed by atoms with E-state index >= 15 is 0 Å². The fraction of sp³-hybridized carbons (Fsp3) is 0.500. The topological polar surface area (TPSA) is 160 Å². The van der Waals surface area contributed by atoms with Gasteiger partial charge >= 0.3 is 0 Å². The lowest BCUT2D eigenvalue weighted by Gasteiger charge is -2.35. The van der Waals surface area contributed by atoms with Gasteiger partial charge in [-0.05, 0) is 63.4 Å². The molecule has 2 heterocycles. The smallest absolute Gasteiger partial charge is 0.280 e. The van der Waals surface area contributed by atoms with Crippen molar-refractivity contribution >= 4 is 31.6 Å². The highest BCUT2D eigenvalue weighted by Gasteiger charge is 2.32. The predicted molar refractivity (Wildman–Crippen MR) is 177 cm³/mol. The van der Waals surface area contributed by atoms with E-state index in [0.717, 1.165) is 6.42 Å². The highest BCUT2D eigenvalue weighted by atomic mass is 32.2. The number of aliphatic hydroxyl groups excluding tert-OH is 1. The van der Waals surface area contributed by atoms with Crippen LogP contribution in [0.5, 0.6) is 5.75 Å². The SMILES string of the molecule is C[C@@H]1CCCCO[C@@H](CN(C)S(=O)(=O)c2ccccc2)[C@H](C)CN([C@H](C)CO)C(=O)c2cc(NS(=O)(=O)c3cn(C)cn3)ccc2O1. The van der Waals surface area contributed by atoms with Crippen molar-refractivity contribution in [1.29, 1.82) is 0 Å². The van der Waals surface area contributed by atoms with E-state index in [1.165, 1.54) is 45.5 Å². The Labute approximate surface area is 277 Å². The van der Waals surface area contributed by atoms with Crippen LogP contribution >= 0.6 is 0 Å². The lowest BCUT2D eigenvalue weighted by Crippen LogP contribution is -2.48. The molecule has 4 atom stereocenters. The van der Waals surface area contributed by atoms with Crippen molar-refractivity contribution in [2.45, 2.75) is 68.2 Å². The van der Waals surface area contributed by atoms with Crippen LogP contribution in [0.15, 0.2) is 71.0 Å². The number of fused-ring (bicyclic) bond motifs is 1. The summed E-state index contributed by atoms with van der Waals surface area (Å²) >= 11 is 0. The molecule has 1 amide bonds. The van der Waals surface area contributed by atoms with E-state index in [2.05, 4.69) is 9.71 Å². The minimum absolute atomic E-state index is 0.0451. The first-order valence-electron chi connectivity index (χ1n) is 15.6. The number of anilines is 1. The second-order valence-corrected chi connectivity index (χ2v) is 15.8. The molecule has 2 N–H and O–H groups in total. The van der Waals surface area contributed by atoms with Gasteiger partial charge in [0.2, 0.25) is 10.0 Å². The number of imidazole rings is 1. The Morgan fingerprint density at radius 1 is 1.11 bits per heavy atom. The molecule has 0 aliphatic carbocycles. The van der Waals surface area contributed by atoms with Crippen molar-refractivity contribution in [3.05, 3.63) is 66.6 Å². The van der Waals surface area contributed by atoms with E-state index in [0.29, 0.717) is 19.4 Å². The number of aryl methyl sites for hydroxylation is 1. The zero-order valence-electron chi connectivity index (χ0n) is 27.4. The molecular formula is C32H45N5O8S2. The zero-order chi connectivity index (χ0) is 34.4. The molecule has 0 saturated heterocycles. The van der Waals surface area contributed by atoms with Gasteiger partial charge in [0.1, 0.15) is 5.75 Å². The van der Waals surface area contributed by atoms with Crippen LogP contribution in [-0.4, -0.2) is 98.2 Å². The van der Waals surface area contributed by atoms with Crippen LogP contribution in [-0.2, 0) is 31.8 Å². The van der Waals surface area contributed by atoms with E-state index in [-0.39, 0.29) is 58.6 Å². The number of carbonyl (C=O) groups is 1. The van der Waals surface area contributed by atoms with Gasteiger partial charge in [0.15, 0.2) is 5.03 Å². The number of aliphatic hydroxyl groups is 1. The number of amides is 1. The van der Waals surface area contributed by atoms with Crippen LogP contribution in [0.1, 0.15) is 50.4 Å². The number of likely N-dealkylation sites (N-methyl/N-ethyl adjacent to an activating group) is 1. The summed E-state index contributed by atoms with van der Waals surface area (Å²) in [6, 6.07) is 12.0. The van der Waals surface area contributed by atoms with Crippen LogP contribution in [0.25, 0.3) is 0 Å². The summed E-state index contributed by atoms with van der Waals surface area (Å²) in [5.74, 6) is -0.566. The molecule has 3 aromatic rings. The van der Waals surface area contributed by atoms with Crippen molar-refractivity contribution in [2.24, 2.45) is 13.0 Å². The molecule has 0 fully saturated rings. The van der Waals surface area contributed by atoms with Crippen molar-refractivity contribution < 1.29 is 36.2 Å². The third-order valence-corrected chi connectivity index (χ3v) is 11.3. The molecule has 47 heavy (non-hydrogen) atoms. The van der Waals surface area contributed by atoms with Gasteiger partial charge in [-0.3, -0.25) is 9.52 Å². The second-order valence-electron chi connectivity index (χ2n) is 12.1. The number of carbonyl (C=O) groups excluding carboxylic acids is 1. The van der Waals surface area contributed by atoms with Crippen LogP contribution in [0.3, 0.4) is 0 Å². The van der Waals surface area contributed by atoms with E-state index in [4.69, 9.17) is 9.47 Å². The maximum atomic E-state index is 14.3. The van der Waals surface area contributed by atoms with Crippen molar-refractivity contribution in [1.82, 2.24) is 18.8 Å². The summed E-state index contributed by atoms with van der Waals surface area (Å²) in [5.41, 5.74) is 0.252. The van der Waals surface area contributed by atoms with Gasteiger partial charge in [-0.25, -0.2) is 13.4 Å².